The van der Waals surface area contributed by atoms with Crippen LogP contribution in [0.1, 0.15) is 20.3 Å². The highest BCUT2D eigenvalue weighted by Gasteiger charge is 2.35. The summed E-state index contributed by atoms with van der Waals surface area (Å²) < 4.78 is 5.40. The predicted octanol–water partition coefficient (Wildman–Crippen LogP) is 0.478. The molecule has 72 valence electrons. The molecular formula is C9H19NO2. The number of aliphatic hydroxyl groups is 1. The van der Waals surface area contributed by atoms with Crippen molar-refractivity contribution in [1.82, 2.24) is 4.90 Å². The summed E-state index contributed by atoms with van der Waals surface area (Å²) in [5.41, 5.74) is 0.00340. The molecule has 2 atom stereocenters. The van der Waals surface area contributed by atoms with E-state index in [1.165, 1.54) is 0 Å². The third-order valence-electron chi connectivity index (χ3n) is 2.85. The maximum atomic E-state index is 8.96. The lowest BCUT2D eigenvalue weighted by atomic mass is 10.1. The SMILES string of the molecule is COC1(C)CCN(C(C)CO)C1. The smallest absolute Gasteiger partial charge is 0.0789 e. The minimum Gasteiger partial charge on any atom is -0.395 e. The lowest BCUT2D eigenvalue weighted by Crippen LogP contribution is -2.38. The molecule has 1 aliphatic rings. The molecule has 3 heteroatoms. The van der Waals surface area contributed by atoms with E-state index in [4.69, 9.17) is 9.84 Å². The van der Waals surface area contributed by atoms with E-state index in [1.54, 1.807) is 7.11 Å². The number of likely N-dealkylation sites (tertiary alicyclic amines) is 1. The van der Waals surface area contributed by atoms with E-state index in [0.717, 1.165) is 19.5 Å². The fourth-order valence-corrected chi connectivity index (χ4v) is 1.63. The van der Waals surface area contributed by atoms with Gasteiger partial charge in [0.25, 0.3) is 0 Å². The van der Waals surface area contributed by atoms with Crippen LogP contribution in [0.5, 0.6) is 0 Å². The first-order valence-electron chi connectivity index (χ1n) is 4.51. The van der Waals surface area contributed by atoms with Crippen molar-refractivity contribution < 1.29 is 9.84 Å². The standard InChI is InChI=1S/C9H19NO2/c1-8(6-11)10-5-4-9(2,7-10)12-3/h8,11H,4-7H2,1-3H3. The quantitative estimate of drug-likeness (QED) is 0.673. The second kappa shape index (κ2) is 3.73. The maximum absolute atomic E-state index is 8.96. The molecule has 3 nitrogen and oxygen atoms in total. The van der Waals surface area contributed by atoms with Crippen molar-refractivity contribution in [3.05, 3.63) is 0 Å². The van der Waals surface area contributed by atoms with Gasteiger partial charge in [0, 0.05) is 26.2 Å². The highest BCUT2D eigenvalue weighted by Crippen LogP contribution is 2.25. The van der Waals surface area contributed by atoms with Crippen molar-refractivity contribution in [3.63, 3.8) is 0 Å². The Labute approximate surface area is 74.3 Å². The Morgan fingerprint density at radius 1 is 1.67 bits per heavy atom. The zero-order valence-corrected chi connectivity index (χ0v) is 8.21. The molecule has 0 spiro atoms. The molecule has 0 aromatic rings. The van der Waals surface area contributed by atoms with Gasteiger partial charge in [0.1, 0.15) is 0 Å². The number of hydrogen-bond acceptors (Lipinski definition) is 3. The van der Waals surface area contributed by atoms with Gasteiger partial charge in [-0.15, -0.1) is 0 Å². The van der Waals surface area contributed by atoms with Crippen LogP contribution in [0, 0.1) is 0 Å². The lowest BCUT2D eigenvalue weighted by Gasteiger charge is -2.26. The summed E-state index contributed by atoms with van der Waals surface area (Å²) in [6.07, 6.45) is 1.06. The summed E-state index contributed by atoms with van der Waals surface area (Å²) in [4.78, 5) is 2.27. The summed E-state index contributed by atoms with van der Waals surface area (Å²) in [7, 11) is 1.76. The average molecular weight is 173 g/mol. The van der Waals surface area contributed by atoms with Crippen molar-refractivity contribution >= 4 is 0 Å². The Morgan fingerprint density at radius 2 is 2.33 bits per heavy atom. The van der Waals surface area contributed by atoms with Crippen molar-refractivity contribution in [2.24, 2.45) is 0 Å². The second-order valence-corrected chi connectivity index (χ2v) is 3.91. The predicted molar refractivity (Wildman–Crippen MR) is 48.2 cm³/mol. The van der Waals surface area contributed by atoms with Crippen LogP contribution in [0.3, 0.4) is 0 Å². The molecule has 2 unspecified atom stereocenters. The van der Waals surface area contributed by atoms with Gasteiger partial charge in [0.05, 0.1) is 12.2 Å². The van der Waals surface area contributed by atoms with Gasteiger partial charge in [0.15, 0.2) is 0 Å². The van der Waals surface area contributed by atoms with Crippen molar-refractivity contribution in [1.29, 1.82) is 0 Å². The monoisotopic (exact) mass is 173 g/mol. The summed E-state index contributed by atoms with van der Waals surface area (Å²) in [6.45, 7) is 6.37. The zero-order valence-electron chi connectivity index (χ0n) is 8.21. The summed E-state index contributed by atoms with van der Waals surface area (Å²) in [5.74, 6) is 0. The first-order chi connectivity index (χ1) is 5.61. The molecule has 0 amide bonds. The van der Waals surface area contributed by atoms with Crippen molar-refractivity contribution in [3.8, 4) is 0 Å². The molecule has 1 rings (SSSR count). The fourth-order valence-electron chi connectivity index (χ4n) is 1.63. The van der Waals surface area contributed by atoms with E-state index in [2.05, 4.69) is 11.8 Å². The molecule has 0 saturated carbocycles. The Kier molecular flexibility index (Phi) is 3.09. The third kappa shape index (κ3) is 1.97. The maximum Gasteiger partial charge on any atom is 0.0789 e. The van der Waals surface area contributed by atoms with Gasteiger partial charge in [-0.2, -0.15) is 0 Å². The first-order valence-corrected chi connectivity index (χ1v) is 4.51. The Bertz CT molecular complexity index is 151. The number of rotatable bonds is 3. The number of nitrogens with zero attached hydrogens (tertiary/aromatic N) is 1. The van der Waals surface area contributed by atoms with Gasteiger partial charge in [-0.05, 0) is 20.3 Å². The van der Waals surface area contributed by atoms with Crippen LogP contribution in [-0.2, 0) is 4.74 Å². The van der Waals surface area contributed by atoms with Gasteiger partial charge in [-0.3, -0.25) is 4.90 Å². The molecule has 0 aromatic carbocycles. The molecule has 1 aliphatic heterocycles. The van der Waals surface area contributed by atoms with E-state index in [-0.39, 0.29) is 18.2 Å². The van der Waals surface area contributed by atoms with Crippen LogP contribution in [0.25, 0.3) is 0 Å². The highest BCUT2D eigenvalue weighted by molar-refractivity contribution is 4.89. The molecule has 0 aliphatic carbocycles. The fraction of sp³-hybridized carbons (Fsp3) is 1.00. The highest BCUT2D eigenvalue weighted by atomic mass is 16.5. The van der Waals surface area contributed by atoms with Crippen LogP contribution in [0.4, 0.5) is 0 Å². The largest absolute Gasteiger partial charge is 0.395 e. The second-order valence-electron chi connectivity index (χ2n) is 3.91. The minimum absolute atomic E-state index is 0.00340. The normalized spacial score (nSPS) is 34.0. The van der Waals surface area contributed by atoms with Gasteiger partial charge >= 0.3 is 0 Å². The molecule has 0 bridgehead atoms. The van der Waals surface area contributed by atoms with Gasteiger partial charge < -0.3 is 9.84 Å². The first kappa shape index (κ1) is 9.96. The molecule has 1 fully saturated rings. The van der Waals surface area contributed by atoms with Gasteiger partial charge in [-0.25, -0.2) is 0 Å². The Hall–Kier alpha value is -0.120. The van der Waals surface area contributed by atoms with E-state index in [0.29, 0.717) is 0 Å². The van der Waals surface area contributed by atoms with Crippen molar-refractivity contribution in [2.45, 2.75) is 31.9 Å². The zero-order chi connectivity index (χ0) is 9.19. The van der Waals surface area contributed by atoms with Crippen LogP contribution in [0.2, 0.25) is 0 Å². The molecule has 0 aromatic heterocycles. The molecule has 0 radical (unpaired) electrons. The number of methoxy groups -OCH3 is 1. The number of aliphatic hydroxyl groups excluding tert-OH is 1. The lowest BCUT2D eigenvalue weighted by molar-refractivity contribution is 0.00919. The number of hydrogen-bond donors (Lipinski definition) is 1. The number of ether oxygens (including phenoxy) is 1. The van der Waals surface area contributed by atoms with E-state index in [9.17, 15) is 0 Å². The molecular weight excluding hydrogens is 154 g/mol. The van der Waals surface area contributed by atoms with Crippen LogP contribution < -0.4 is 0 Å². The summed E-state index contributed by atoms with van der Waals surface area (Å²) >= 11 is 0. The van der Waals surface area contributed by atoms with Crippen LogP contribution in [-0.4, -0.2) is 48.5 Å². The Balaban J connectivity index is 2.45. The van der Waals surface area contributed by atoms with Crippen LogP contribution >= 0.6 is 0 Å². The third-order valence-corrected chi connectivity index (χ3v) is 2.85. The topological polar surface area (TPSA) is 32.7 Å². The van der Waals surface area contributed by atoms with Gasteiger partial charge in [-0.1, -0.05) is 0 Å². The molecule has 12 heavy (non-hydrogen) atoms. The van der Waals surface area contributed by atoms with Crippen LogP contribution in [0.15, 0.2) is 0 Å². The van der Waals surface area contributed by atoms with Crippen molar-refractivity contribution in [2.75, 3.05) is 26.8 Å². The van der Waals surface area contributed by atoms with E-state index in [1.807, 2.05) is 6.92 Å². The van der Waals surface area contributed by atoms with Gasteiger partial charge in [0.2, 0.25) is 0 Å². The summed E-state index contributed by atoms with van der Waals surface area (Å²) in [5, 5.41) is 8.96. The molecule has 1 N–H and O–H groups in total. The average Bonchev–Trinajstić information content (AvgIpc) is 2.48. The van der Waals surface area contributed by atoms with E-state index < -0.39 is 0 Å². The minimum atomic E-state index is 0.00340. The molecule has 1 saturated heterocycles. The molecule has 1 heterocycles. The summed E-state index contributed by atoms with van der Waals surface area (Å²) in [6, 6.07) is 0.266. The Morgan fingerprint density at radius 3 is 2.75 bits per heavy atom. The van der Waals surface area contributed by atoms with E-state index >= 15 is 0 Å².